The second-order valence-corrected chi connectivity index (χ2v) is 6.94. The van der Waals surface area contributed by atoms with Crippen LogP contribution in [0.5, 0.6) is 0 Å². The first kappa shape index (κ1) is 16.6. The number of hydrogen-bond acceptors (Lipinski definition) is 4. The third-order valence-corrected chi connectivity index (χ3v) is 5.07. The zero-order valence-corrected chi connectivity index (χ0v) is 13.6. The van der Waals surface area contributed by atoms with Gasteiger partial charge in [0.25, 0.3) is 0 Å². The Balaban J connectivity index is 1.52. The van der Waals surface area contributed by atoms with Crippen molar-refractivity contribution >= 4 is 23.6 Å². The summed E-state index contributed by atoms with van der Waals surface area (Å²) in [6.07, 6.45) is 5.85. The van der Waals surface area contributed by atoms with Crippen molar-refractivity contribution in [3.63, 3.8) is 0 Å². The van der Waals surface area contributed by atoms with Crippen LogP contribution in [0.3, 0.4) is 0 Å². The molecule has 0 bridgehead atoms. The van der Waals surface area contributed by atoms with Gasteiger partial charge in [0.05, 0.1) is 11.5 Å². The van der Waals surface area contributed by atoms with Crippen molar-refractivity contribution in [1.29, 1.82) is 0 Å². The molecule has 0 saturated carbocycles. The maximum absolute atomic E-state index is 11.9. The van der Waals surface area contributed by atoms with E-state index in [4.69, 9.17) is 0 Å². The van der Waals surface area contributed by atoms with E-state index in [9.17, 15) is 9.59 Å². The highest BCUT2D eigenvalue weighted by Crippen LogP contribution is 2.11. The fourth-order valence-electron chi connectivity index (χ4n) is 2.87. The van der Waals surface area contributed by atoms with E-state index < -0.39 is 0 Å². The van der Waals surface area contributed by atoms with Gasteiger partial charge in [0, 0.05) is 19.6 Å². The first-order valence-corrected chi connectivity index (χ1v) is 9.24. The zero-order chi connectivity index (χ0) is 14.9. The molecule has 5 nitrogen and oxygen atoms in total. The largest absolute Gasteiger partial charge is 0.355 e. The lowest BCUT2D eigenvalue weighted by molar-refractivity contribution is -0.129. The van der Waals surface area contributed by atoms with Gasteiger partial charge < -0.3 is 15.5 Å². The molecule has 2 fully saturated rings. The monoisotopic (exact) mass is 313 g/mol. The summed E-state index contributed by atoms with van der Waals surface area (Å²) in [6.45, 7) is 4.63. The van der Waals surface area contributed by atoms with Gasteiger partial charge in [-0.1, -0.05) is 0 Å². The van der Waals surface area contributed by atoms with Crippen molar-refractivity contribution < 1.29 is 9.59 Å². The molecule has 2 rings (SSSR count). The van der Waals surface area contributed by atoms with Gasteiger partial charge in [0.15, 0.2) is 0 Å². The van der Waals surface area contributed by atoms with E-state index in [2.05, 4.69) is 10.6 Å². The molecule has 0 aromatic rings. The predicted molar refractivity (Wildman–Crippen MR) is 86.4 cm³/mol. The minimum atomic E-state index is 0.0528. The van der Waals surface area contributed by atoms with Gasteiger partial charge >= 0.3 is 0 Å². The van der Waals surface area contributed by atoms with E-state index in [0.717, 1.165) is 45.6 Å². The van der Waals surface area contributed by atoms with Crippen LogP contribution in [0.2, 0.25) is 0 Å². The van der Waals surface area contributed by atoms with Gasteiger partial charge in [-0.2, -0.15) is 0 Å². The minimum absolute atomic E-state index is 0.0528. The summed E-state index contributed by atoms with van der Waals surface area (Å²) in [5, 5.41) is 6.33. The number of amides is 2. The molecule has 0 radical (unpaired) electrons. The van der Waals surface area contributed by atoms with Crippen LogP contribution in [0.4, 0.5) is 0 Å². The summed E-state index contributed by atoms with van der Waals surface area (Å²) >= 11 is 1.43. The first-order chi connectivity index (χ1) is 10.3. The van der Waals surface area contributed by atoms with E-state index in [1.54, 1.807) is 0 Å². The number of nitrogens with zero attached hydrogens (tertiary/aromatic N) is 1. The van der Waals surface area contributed by atoms with E-state index in [1.165, 1.54) is 31.0 Å². The molecule has 2 heterocycles. The van der Waals surface area contributed by atoms with Crippen LogP contribution in [-0.4, -0.2) is 60.9 Å². The molecular formula is C15H27N3O2S. The van der Waals surface area contributed by atoms with Crippen LogP contribution in [0.25, 0.3) is 0 Å². The summed E-state index contributed by atoms with van der Waals surface area (Å²) in [4.78, 5) is 25.6. The van der Waals surface area contributed by atoms with Gasteiger partial charge in [-0.3, -0.25) is 9.59 Å². The number of carbonyl (C=O) groups is 2. The maximum atomic E-state index is 11.9. The topological polar surface area (TPSA) is 61.4 Å². The van der Waals surface area contributed by atoms with E-state index in [0.29, 0.717) is 17.4 Å². The van der Waals surface area contributed by atoms with Gasteiger partial charge in [0.1, 0.15) is 0 Å². The fourth-order valence-corrected chi connectivity index (χ4v) is 3.62. The third-order valence-electron chi connectivity index (χ3n) is 4.15. The molecule has 0 spiro atoms. The summed E-state index contributed by atoms with van der Waals surface area (Å²) in [5.41, 5.74) is 0. The summed E-state index contributed by atoms with van der Waals surface area (Å²) in [7, 11) is 0. The summed E-state index contributed by atoms with van der Waals surface area (Å²) < 4.78 is 0. The number of likely N-dealkylation sites (tertiary alicyclic amines) is 1. The summed E-state index contributed by atoms with van der Waals surface area (Å²) in [6, 6.07) is 0. The molecule has 1 unspecified atom stereocenters. The zero-order valence-electron chi connectivity index (χ0n) is 12.7. The molecule has 2 aliphatic heterocycles. The Labute approximate surface area is 131 Å². The van der Waals surface area contributed by atoms with Crippen LogP contribution in [0.15, 0.2) is 0 Å². The maximum Gasteiger partial charge on any atom is 0.232 e. The van der Waals surface area contributed by atoms with Crippen LogP contribution in [-0.2, 0) is 9.59 Å². The van der Waals surface area contributed by atoms with Gasteiger partial charge in [0.2, 0.25) is 11.8 Å². The molecule has 2 N–H and O–H groups in total. The van der Waals surface area contributed by atoms with E-state index in [1.807, 2.05) is 4.90 Å². The molecule has 2 aliphatic rings. The highest BCUT2D eigenvalue weighted by Gasteiger charge is 2.17. The second-order valence-electron chi connectivity index (χ2n) is 5.95. The number of thioether (sulfide) groups is 1. The normalized spacial score (nSPS) is 22.9. The molecule has 2 amide bonds. The van der Waals surface area contributed by atoms with Gasteiger partial charge in [-0.25, -0.2) is 0 Å². The number of hydrogen-bond donors (Lipinski definition) is 2. The highest BCUT2D eigenvalue weighted by atomic mass is 32.2. The van der Waals surface area contributed by atoms with Crippen molar-refractivity contribution in [3.8, 4) is 0 Å². The number of rotatable bonds is 6. The Morgan fingerprint density at radius 1 is 1.14 bits per heavy atom. The minimum Gasteiger partial charge on any atom is -0.355 e. The van der Waals surface area contributed by atoms with Crippen LogP contribution in [0, 0.1) is 5.92 Å². The highest BCUT2D eigenvalue weighted by molar-refractivity contribution is 8.00. The molecular weight excluding hydrogens is 286 g/mol. The Morgan fingerprint density at radius 3 is 2.67 bits per heavy atom. The smallest absolute Gasteiger partial charge is 0.232 e. The van der Waals surface area contributed by atoms with Crippen LogP contribution < -0.4 is 10.6 Å². The number of piperidine rings is 2. The van der Waals surface area contributed by atoms with Crippen molar-refractivity contribution in [2.75, 3.05) is 44.2 Å². The molecule has 6 heteroatoms. The average Bonchev–Trinajstić information content (AvgIpc) is 2.54. The average molecular weight is 313 g/mol. The molecule has 2 saturated heterocycles. The van der Waals surface area contributed by atoms with Gasteiger partial charge in [-0.05, 0) is 51.1 Å². The summed E-state index contributed by atoms with van der Waals surface area (Å²) in [5.74, 6) is 1.61. The first-order valence-electron chi connectivity index (χ1n) is 8.08. The number of carbonyl (C=O) groups excluding carboxylic acids is 2. The van der Waals surface area contributed by atoms with Crippen LogP contribution in [0.1, 0.15) is 32.1 Å². The SMILES string of the molecule is O=C(CSCC(=O)N1CCCCC1)NCC1CCCNC1. The molecule has 120 valence electrons. The molecule has 0 aliphatic carbocycles. The molecule has 1 atom stereocenters. The molecule has 21 heavy (non-hydrogen) atoms. The van der Waals surface area contributed by atoms with Crippen molar-refractivity contribution in [3.05, 3.63) is 0 Å². The van der Waals surface area contributed by atoms with Crippen molar-refractivity contribution in [2.45, 2.75) is 32.1 Å². The van der Waals surface area contributed by atoms with Gasteiger partial charge in [-0.15, -0.1) is 11.8 Å². The lowest BCUT2D eigenvalue weighted by atomic mass is 10.00. The fraction of sp³-hybridized carbons (Fsp3) is 0.867. The Bertz CT molecular complexity index is 340. The standard InChI is InChI=1S/C15H27N3O2S/c19-14(17-10-13-5-4-6-16-9-13)11-21-12-15(20)18-7-2-1-3-8-18/h13,16H,1-12H2,(H,17,19). The Kier molecular flexibility index (Phi) is 7.36. The van der Waals surface area contributed by atoms with E-state index >= 15 is 0 Å². The van der Waals surface area contributed by atoms with Crippen LogP contribution >= 0.6 is 11.8 Å². The number of nitrogens with one attached hydrogen (secondary N) is 2. The lowest BCUT2D eigenvalue weighted by Crippen LogP contribution is -2.39. The van der Waals surface area contributed by atoms with Crippen molar-refractivity contribution in [2.24, 2.45) is 5.92 Å². The lowest BCUT2D eigenvalue weighted by Gasteiger charge is -2.26. The second kappa shape index (κ2) is 9.30. The Morgan fingerprint density at radius 2 is 1.95 bits per heavy atom. The molecule has 0 aromatic carbocycles. The van der Waals surface area contributed by atoms with E-state index in [-0.39, 0.29) is 11.8 Å². The van der Waals surface area contributed by atoms with Crippen molar-refractivity contribution in [1.82, 2.24) is 15.5 Å². The third kappa shape index (κ3) is 6.26. The molecule has 0 aromatic heterocycles. The Hall–Kier alpha value is -0.750. The predicted octanol–water partition coefficient (Wildman–Crippen LogP) is 0.848. The quantitative estimate of drug-likeness (QED) is 0.763.